The van der Waals surface area contributed by atoms with Crippen LogP contribution in [0.5, 0.6) is 0 Å². The molecule has 1 heterocycles. The van der Waals surface area contributed by atoms with Gasteiger partial charge in [-0.25, -0.2) is 9.07 Å². The molecule has 0 aliphatic rings. The van der Waals surface area contributed by atoms with Crippen molar-refractivity contribution in [3.8, 4) is 5.69 Å². The van der Waals surface area contributed by atoms with E-state index in [-0.39, 0.29) is 17.8 Å². The van der Waals surface area contributed by atoms with Crippen molar-refractivity contribution in [2.45, 2.75) is 13.0 Å². The third kappa shape index (κ3) is 3.63. The van der Waals surface area contributed by atoms with Crippen molar-refractivity contribution in [1.29, 1.82) is 0 Å². The number of benzene rings is 2. The lowest BCUT2D eigenvalue weighted by atomic mass is 10.1. The maximum atomic E-state index is 13.0. The Kier molecular flexibility index (Phi) is 4.62. The Labute approximate surface area is 143 Å². The van der Waals surface area contributed by atoms with Crippen LogP contribution in [-0.4, -0.2) is 15.7 Å². The van der Waals surface area contributed by atoms with Crippen LogP contribution in [0.4, 0.5) is 4.39 Å². The summed E-state index contributed by atoms with van der Waals surface area (Å²) in [6.45, 7) is 1.84. The Morgan fingerprint density at radius 2 is 1.83 bits per heavy atom. The molecule has 0 aliphatic carbocycles. The molecule has 0 unspecified atom stereocenters. The topological polar surface area (TPSA) is 46.9 Å². The van der Waals surface area contributed by atoms with Crippen molar-refractivity contribution < 1.29 is 9.18 Å². The lowest BCUT2D eigenvalue weighted by molar-refractivity contribution is 0.0940. The summed E-state index contributed by atoms with van der Waals surface area (Å²) in [7, 11) is 0. The molecule has 0 bridgehead atoms. The van der Waals surface area contributed by atoms with Gasteiger partial charge in [-0.3, -0.25) is 4.79 Å². The van der Waals surface area contributed by atoms with E-state index in [1.165, 1.54) is 18.3 Å². The van der Waals surface area contributed by atoms with Crippen LogP contribution in [0, 0.1) is 5.82 Å². The molecule has 0 radical (unpaired) electrons. The second kappa shape index (κ2) is 6.84. The number of carbonyl (C=O) groups excluding carboxylic acids is 1. The maximum Gasteiger partial charge on any atom is 0.254 e. The van der Waals surface area contributed by atoms with E-state index in [0.717, 1.165) is 11.3 Å². The summed E-state index contributed by atoms with van der Waals surface area (Å²) in [6, 6.07) is 13.0. The highest BCUT2D eigenvalue weighted by atomic mass is 35.5. The molecule has 0 saturated carbocycles. The molecule has 1 atom stereocenters. The van der Waals surface area contributed by atoms with E-state index in [1.54, 1.807) is 35.1 Å². The SMILES string of the molecule is C[C@H](NC(=O)c1cnn(-c2ccc(Cl)cc2)c1)c1ccc(F)cc1. The summed E-state index contributed by atoms with van der Waals surface area (Å²) in [4.78, 5) is 12.3. The fourth-order valence-corrected chi connectivity index (χ4v) is 2.42. The molecular weight excluding hydrogens is 329 g/mol. The van der Waals surface area contributed by atoms with Gasteiger partial charge in [-0.1, -0.05) is 23.7 Å². The summed E-state index contributed by atoms with van der Waals surface area (Å²) in [5.74, 6) is -0.548. The summed E-state index contributed by atoms with van der Waals surface area (Å²) in [5, 5.41) is 7.70. The molecule has 2 aromatic carbocycles. The van der Waals surface area contributed by atoms with Crippen molar-refractivity contribution in [3.05, 3.63) is 82.9 Å². The highest BCUT2D eigenvalue weighted by Gasteiger charge is 2.13. The normalized spacial score (nSPS) is 12.0. The van der Waals surface area contributed by atoms with Crippen LogP contribution in [-0.2, 0) is 0 Å². The average Bonchev–Trinajstić information content (AvgIpc) is 3.06. The standard InChI is InChI=1S/C18H15ClFN3O/c1-12(13-2-6-16(20)7-3-13)22-18(24)14-10-21-23(11-14)17-8-4-15(19)5-9-17/h2-12H,1H3,(H,22,24)/t12-/m0/s1. The minimum Gasteiger partial charge on any atom is -0.345 e. The van der Waals surface area contributed by atoms with E-state index in [2.05, 4.69) is 10.4 Å². The number of nitrogens with zero attached hydrogens (tertiary/aromatic N) is 2. The van der Waals surface area contributed by atoms with Gasteiger partial charge in [0.15, 0.2) is 0 Å². The number of nitrogens with one attached hydrogen (secondary N) is 1. The Bertz CT molecular complexity index is 843. The lowest BCUT2D eigenvalue weighted by Gasteiger charge is -2.13. The second-order valence-corrected chi connectivity index (χ2v) is 5.83. The number of halogens is 2. The third-order valence-corrected chi connectivity index (χ3v) is 3.91. The van der Waals surface area contributed by atoms with Gasteiger partial charge < -0.3 is 5.32 Å². The van der Waals surface area contributed by atoms with Crippen LogP contribution >= 0.6 is 11.6 Å². The molecule has 3 rings (SSSR count). The average molecular weight is 344 g/mol. The Morgan fingerprint density at radius 3 is 2.50 bits per heavy atom. The number of aromatic nitrogens is 2. The molecule has 3 aromatic rings. The van der Waals surface area contributed by atoms with Crippen molar-refractivity contribution in [2.24, 2.45) is 0 Å². The maximum absolute atomic E-state index is 13.0. The van der Waals surface area contributed by atoms with Gasteiger partial charge in [0.25, 0.3) is 5.91 Å². The fraction of sp³-hybridized carbons (Fsp3) is 0.111. The Morgan fingerprint density at radius 1 is 1.17 bits per heavy atom. The Balaban J connectivity index is 1.71. The number of hydrogen-bond acceptors (Lipinski definition) is 2. The van der Waals surface area contributed by atoms with Gasteiger partial charge in [0, 0.05) is 11.2 Å². The van der Waals surface area contributed by atoms with Gasteiger partial charge >= 0.3 is 0 Å². The molecular formula is C18H15ClFN3O. The van der Waals surface area contributed by atoms with E-state index in [1.807, 2.05) is 19.1 Å². The van der Waals surface area contributed by atoms with Crippen LogP contribution in [0.2, 0.25) is 5.02 Å². The van der Waals surface area contributed by atoms with Gasteiger partial charge in [0.2, 0.25) is 0 Å². The zero-order valence-corrected chi connectivity index (χ0v) is 13.7. The predicted octanol–water partition coefficient (Wildman–Crippen LogP) is 4.16. The van der Waals surface area contributed by atoms with Gasteiger partial charge in [-0.2, -0.15) is 5.10 Å². The van der Waals surface area contributed by atoms with Gasteiger partial charge in [-0.15, -0.1) is 0 Å². The van der Waals surface area contributed by atoms with E-state index < -0.39 is 0 Å². The van der Waals surface area contributed by atoms with Crippen LogP contribution in [0.25, 0.3) is 5.69 Å². The van der Waals surface area contributed by atoms with Crippen LogP contribution < -0.4 is 5.32 Å². The first-order valence-electron chi connectivity index (χ1n) is 7.40. The number of hydrogen-bond donors (Lipinski definition) is 1. The first kappa shape index (κ1) is 16.2. The Hall–Kier alpha value is -2.66. The van der Waals surface area contributed by atoms with Crippen molar-refractivity contribution >= 4 is 17.5 Å². The van der Waals surface area contributed by atoms with Gasteiger partial charge in [0.1, 0.15) is 5.82 Å². The number of rotatable bonds is 4. The van der Waals surface area contributed by atoms with E-state index >= 15 is 0 Å². The summed E-state index contributed by atoms with van der Waals surface area (Å²) < 4.78 is 14.6. The molecule has 0 fully saturated rings. The molecule has 0 saturated heterocycles. The highest BCUT2D eigenvalue weighted by molar-refractivity contribution is 6.30. The van der Waals surface area contributed by atoms with Gasteiger partial charge in [0.05, 0.1) is 23.5 Å². The molecule has 0 spiro atoms. The molecule has 1 N–H and O–H groups in total. The summed E-state index contributed by atoms with van der Waals surface area (Å²) in [5.41, 5.74) is 2.08. The lowest BCUT2D eigenvalue weighted by Crippen LogP contribution is -2.26. The van der Waals surface area contributed by atoms with E-state index in [9.17, 15) is 9.18 Å². The predicted molar refractivity (Wildman–Crippen MR) is 90.9 cm³/mol. The minimum absolute atomic E-state index is 0.239. The molecule has 4 nitrogen and oxygen atoms in total. The fourth-order valence-electron chi connectivity index (χ4n) is 2.29. The zero-order valence-electron chi connectivity index (χ0n) is 12.9. The van der Waals surface area contributed by atoms with Crippen molar-refractivity contribution in [1.82, 2.24) is 15.1 Å². The van der Waals surface area contributed by atoms with Gasteiger partial charge in [-0.05, 0) is 48.9 Å². The van der Waals surface area contributed by atoms with Crippen molar-refractivity contribution in [3.63, 3.8) is 0 Å². The highest BCUT2D eigenvalue weighted by Crippen LogP contribution is 2.15. The molecule has 24 heavy (non-hydrogen) atoms. The number of carbonyl (C=O) groups is 1. The van der Waals surface area contributed by atoms with Crippen LogP contribution in [0.15, 0.2) is 60.9 Å². The van der Waals surface area contributed by atoms with Crippen LogP contribution in [0.1, 0.15) is 28.9 Å². The largest absolute Gasteiger partial charge is 0.345 e. The smallest absolute Gasteiger partial charge is 0.254 e. The second-order valence-electron chi connectivity index (χ2n) is 5.40. The first-order chi connectivity index (χ1) is 11.5. The molecule has 6 heteroatoms. The summed E-state index contributed by atoms with van der Waals surface area (Å²) >= 11 is 5.86. The van der Waals surface area contributed by atoms with Crippen LogP contribution in [0.3, 0.4) is 0 Å². The zero-order chi connectivity index (χ0) is 17.1. The van der Waals surface area contributed by atoms with Crippen molar-refractivity contribution in [2.75, 3.05) is 0 Å². The molecule has 0 aliphatic heterocycles. The third-order valence-electron chi connectivity index (χ3n) is 3.65. The van der Waals surface area contributed by atoms with E-state index in [0.29, 0.717) is 10.6 Å². The van der Waals surface area contributed by atoms with E-state index in [4.69, 9.17) is 11.6 Å². The quantitative estimate of drug-likeness (QED) is 0.773. The monoisotopic (exact) mass is 343 g/mol. The molecule has 1 aromatic heterocycles. The first-order valence-corrected chi connectivity index (χ1v) is 7.77. The number of amides is 1. The molecule has 122 valence electrons. The molecule has 1 amide bonds. The summed E-state index contributed by atoms with van der Waals surface area (Å²) in [6.07, 6.45) is 3.15. The minimum atomic E-state index is -0.304.